The minimum atomic E-state index is -0.287. The highest BCUT2D eigenvalue weighted by atomic mass is 35.5. The lowest BCUT2D eigenvalue weighted by atomic mass is 10.2. The number of carbonyl (C=O) groups is 1. The molecule has 0 spiro atoms. The van der Waals surface area contributed by atoms with Gasteiger partial charge in [-0.25, -0.2) is 0 Å². The minimum absolute atomic E-state index is 0.00479. The molecule has 8 heteroatoms. The van der Waals surface area contributed by atoms with Gasteiger partial charge < -0.3 is 20.1 Å². The van der Waals surface area contributed by atoms with E-state index >= 15 is 0 Å². The van der Waals surface area contributed by atoms with Crippen molar-refractivity contribution in [3.05, 3.63) is 45.4 Å². The molecule has 0 fully saturated rings. The lowest BCUT2D eigenvalue weighted by Gasteiger charge is -2.20. The average molecular weight is 388 g/mol. The Morgan fingerprint density at radius 1 is 0.958 bits per heavy atom. The van der Waals surface area contributed by atoms with Gasteiger partial charge in [0.2, 0.25) is 5.91 Å². The first-order valence-electron chi connectivity index (χ1n) is 7.11. The SMILES string of the molecule is O=C(CNc1cc(Cl)ccc1Cl)Nc1cc2c(cc1Cl)OCCO2. The van der Waals surface area contributed by atoms with E-state index in [-0.39, 0.29) is 12.5 Å². The van der Waals surface area contributed by atoms with Crippen molar-refractivity contribution < 1.29 is 14.3 Å². The summed E-state index contributed by atoms with van der Waals surface area (Å²) in [7, 11) is 0. The van der Waals surface area contributed by atoms with Gasteiger partial charge in [0.25, 0.3) is 0 Å². The Labute approximate surface area is 153 Å². The molecule has 0 bridgehead atoms. The Balaban J connectivity index is 1.65. The fourth-order valence-corrected chi connectivity index (χ4v) is 2.72. The summed E-state index contributed by atoms with van der Waals surface area (Å²) in [6.07, 6.45) is 0. The molecule has 126 valence electrons. The van der Waals surface area contributed by atoms with Crippen molar-refractivity contribution >= 4 is 52.1 Å². The maximum atomic E-state index is 12.1. The van der Waals surface area contributed by atoms with Crippen molar-refractivity contribution in [2.45, 2.75) is 0 Å². The van der Waals surface area contributed by atoms with Crippen LogP contribution in [0, 0.1) is 0 Å². The third-order valence-electron chi connectivity index (χ3n) is 3.27. The molecule has 1 amide bonds. The Morgan fingerprint density at radius 2 is 1.67 bits per heavy atom. The zero-order valence-electron chi connectivity index (χ0n) is 12.4. The molecule has 0 unspecified atom stereocenters. The molecule has 0 atom stereocenters. The number of anilines is 2. The van der Waals surface area contributed by atoms with Crippen LogP contribution in [0.3, 0.4) is 0 Å². The van der Waals surface area contributed by atoms with E-state index < -0.39 is 0 Å². The largest absolute Gasteiger partial charge is 0.486 e. The number of halogens is 3. The number of ether oxygens (including phenoxy) is 2. The molecule has 2 N–H and O–H groups in total. The zero-order valence-corrected chi connectivity index (χ0v) is 14.6. The molecule has 5 nitrogen and oxygen atoms in total. The first-order chi connectivity index (χ1) is 11.5. The number of hydrogen-bond acceptors (Lipinski definition) is 4. The van der Waals surface area contributed by atoms with E-state index in [0.29, 0.717) is 51.2 Å². The van der Waals surface area contributed by atoms with Crippen LogP contribution in [0.15, 0.2) is 30.3 Å². The fourth-order valence-electron chi connectivity index (χ4n) is 2.16. The zero-order chi connectivity index (χ0) is 17.1. The quantitative estimate of drug-likeness (QED) is 0.813. The first kappa shape index (κ1) is 17.0. The highest BCUT2D eigenvalue weighted by Gasteiger charge is 2.16. The third kappa shape index (κ3) is 3.98. The van der Waals surface area contributed by atoms with E-state index in [4.69, 9.17) is 44.3 Å². The molecular weight excluding hydrogens is 375 g/mol. The van der Waals surface area contributed by atoms with E-state index in [1.54, 1.807) is 30.3 Å². The van der Waals surface area contributed by atoms with E-state index in [1.807, 2.05) is 0 Å². The van der Waals surface area contributed by atoms with Crippen molar-refractivity contribution in [2.75, 3.05) is 30.4 Å². The molecule has 2 aromatic carbocycles. The predicted molar refractivity (Wildman–Crippen MR) is 96.0 cm³/mol. The second-order valence-electron chi connectivity index (χ2n) is 5.00. The van der Waals surface area contributed by atoms with Gasteiger partial charge in [-0.3, -0.25) is 4.79 Å². The summed E-state index contributed by atoms with van der Waals surface area (Å²) < 4.78 is 10.9. The van der Waals surface area contributed by atoms with Crippen molar-refractivity contribution in [1.82, 2.24) is 0 Å². The number of carbonyl (C=O) groups excluding carboxylic acids is 1. The standard InChI is InChI=1S/C16H13Cl3N2O3/c17-9-1-2-10(18)12(5-9)20-8-16(22)21-13-7-15-14(6-11(13)19)23-3-4-24-15/h1-2,5-7,20H,3-4,8H2,(H,21,22). The molecule has 0 aliphatic carbocycles. The van der Waals surface area contributed by atoms with Crippen LogP contribution < -0.4 is 20.1 Å². The number of nitrogens with one attached hydrogen (secondary N) is 2. The van der Waals surface area contributed by atoms with Crippen LogP contribution in [0.5, 0.6) is 11.5 Å². The molecule has 1 aliphatic rings. The summed E-state index contributed by atoms with van der Waals surface area (Å²) >= 11 is 18.1. The second kappa shape index (κ2) is 7.38. The molecule has 0 saturated carbocycles. The molecule has 3 rings (SSSR count). The summed E-state index contributed by atoms with van der Waals surface area (Å²) in [6.45, 7) is 0.932. The van der Waals surface area contributed by atoms with Crippen molar-refractivity contribution in [1.29, 1.82) is 0 Å². The van der Waals surface area contributed by atoms with Crippen LogP contribution >= 0.6 is 34.8 Å². The average Bonchev–Trinajstić information content (AvgIpc) is 2.56. The molecule has 2 aromatic rings. The molecule has 0 aromatic heterocycles. The Morgan fingerprint density at radius 3 is 2.42 bits per heavy atom. The molecule has 1 aliphatic heterocycles. The molecule has 1 heterocycles. The number of fused-ring (bicyclic) bond motifs is 1. The van der Waals surface area contributed by atoms with Gasteiger partial charge >= 0.3 is 0 Å². The summed E-state index contributed by atoms with van der Waals surface area (Å²) in [6, 6.07) is 8.23. The lowest BCUT2D eigenvalue weighted by Crippen LogP contribution is -2.22. The van der Waals surface area contributed by atoms with Crippen molar-refractivity contribution in [2.24, 2.45) is 0 Å². The predicted octanol–water partition coefficient (Wildman–Crippen LogP) is 4.47. The Bertz CT molecular complexity index is 783. The highest BCUT2D eigenvalue weighted by Crippen LogP contribution is 2.37. The third-order valence-corrected chi connectivity index (χ3v) is 4.15. The summed E-state index contributed by atoms with van der Waals surface area (Å²) in [4.78, 5) is 12.1. The monoisotopic (exact) mass is 386 g/mol. The highest BCUT2D eigenvalue weighted by molar-refractivity contribution is 6.35. The van der Waals surface area contributed by atoms with Crippen LogP contribution in [0.2, 0.25) is 15.1 Å². The molecule has 0 saturated heterocycles. The van der Waals surface area contributed by atoms with Crippen LogP contribution in [0.1, 0.15) is 0 Å². The molecule has 24 heavy (non-hydrogen) atoms. The van der Waals surface area contributed by atoms with Gasteiger partial charge in [-0.15, -0.1) is 0 Å². The van der Waals surface area contributed by atoms with Crippen LogP contribution in [0.4, 0.5) is 11.4 Å². The van der Waals surface area contributed by atoms with E-state index in [9.17, 15) is 4.79 Å². The number of hydrogen-bond donors (Lipinski definition) is 2. The fraction of sp³-hybridized carbons (Fsp3) is 0.188. The van der Waals surface area contributed by atoms with Gasteiger partial charge in [-0.1, -0.05) is 34.8 Å². The molecule has 0 radical (unpaired) electrons. The van der Waals surface area contributed by atoms with Gasteiger partial charge in [0.05, 0.1) is 28.0 Å². The van der Waals surface area contributed by atoms with Crippen molar-refractivity contribution in [3.63, 3.8) is 0 Å². The van der Waals surface area contributed by atoms with Crippen LogP contribution in [-0.2, 0) is 4.79 Å². The number of amides is 1. The van der Waals surface area contributed by atoms with Gasteiger partial charge in [0, 0.05) is 17.2 Å². The summed E-state index contributed by atoms with van der Waals surface area (Å²) in [5, 5.41) is 7.02. The van der Waals surface area contributed by atoms with E-state index in [2.05, 4.69) is 10.6 Å². The Hall–Kier alpha value is -1.82. The maximum Gasteiger partial charge on any atom is 0.243 e. The summed E-state index contributed by atoms with van der Waals surface area (Å²) in [5.74, 6) is 0.824. The van der Waals surface area contributed by atoms with Gasteiger partial charge in [-0.05, 0) is 18.2 Å². The van der Waals surface area contributed by atoms with Gasteiger partial charge in [0.1, 0.15) is 13.2 Å². The first-order valence-corrected chi connectivity index (χ1v) is 8.24. The minimum Gasteiger partial charge on any atom is -0.486 e. The smallest absolute Gasteiger partial charge is 0.243 e. The summed E-state index contributed by atoms with van der Waals surface area (Å²) in [5.41, 5.74) is 1.03. The lowest BCUT2D eigenvalue weighted by molar-refractivity contribution is -0.114. The van der Waals surface area contributed by atoms with Gasteiger partial charge in [0.15, 0.2) is 11.5 Å². The normalized spacial score (nSPS) is 12.6. The van der Waals surface area contributed by atoms with E-state index in [1.165, 1.54) is 0 Å². The number of rotatable bonds is 4. The molecular formula is C16H13Cl3N2O3. The topological polar surface area (TPSA) is 59.6 Å². The Kier molecular flexibility index (Phi) is 5.23. The van der Waals surface area contributed by atoms with E-state index in [0.717, 1.165) is 0 Å². The van der Waals surface area contributed by atoms with Crippen molar-refractivity contribution in [3.8, 4) is 11.5 Å². The maximum absolute atomic E-state index is 12.1. The second-order valence-corrected chi connectivity index (χ2v) is 6.25. The van der Waals surface area contributed by atoms with Gasteiger partial charge in [-0.2, -0.15) is 0 Å². The van der Waals surface area contributed by atoms with Crippen LogP contribution in [-0.4, -0.2) is 25.7 Å². The van der Waals surface area contributed by atoms with Crippen LogP contribution in [0.25, 0.3) is 0 Å². The number of benzene rings is 2.